The van der Waals surface area contributed by atoms with E-state index in [4.69, 9.17) is 9.47 Å². The van der Waals surface area contributed by atoms with E-state index < -0.39 is 41.6 Å². The zero-order valence-electron chi connectivity index (χ0n) is 18.8. The van der Waals surface area contributed by atoms with Gasteiger partial charge in [0, 0.05) is 11.8 Å². The monoisotopic (exact) mass is 482 g/mol. The number of rotatable bonds is 3. The number of hydrogen-bond donors (Lipinski definition) is 0. The smallest absolute Gasteiger partial charge is 0.240 e. The number of carbonyl (C=O) groups excluding carboxylic acids is 3. The zero-order valence-corrected chi connectivity index (χ0v) is 18.8. The Morgan fingerprint density at radius 1 is 0.889 bits per heavy atom. The van der Waals surface area contributed by atoms with Gasteiger partial charge in [0.2, 0.25) is 18.6 Å². The van der Waals surface area contributed by atoms with Crippen molar-refractivity contribution in [2.75, 3.05) is 11.7 Å². The highest BCUT2D eigenvalue weighted by Gasteiger charge is 2.64. The maximum absolute atomic E-state index is 14.0. The second-order valence-corrected chi connectivity index (χ2v) is 9.25. The molecule has 0 saturated carbocycles. The number of ether oxygens (including phenoxy) is 2. The third kappa shape index (κ3) is 2.81. The molecule has 0 spiro atoms. The number of halogens is 1. The Morgan fingerprint density at radius 2 is 1.64 bits per heavy atom. The highest BCUT2D eigenvalue weighted by Crippen LogP contribution is 2.53. The molecule has 4 aliphatic rings. The van der Waals surface area contributed by atoms with E-state index in [1.807, 2.05) is 41.4 Å². The molecule has 4 unspecified atom stereocenters. The number of Topliss-reactive ketones (excluding diaryl/α,β-unsaturated/α-hetero) is 1. The Bertz CT molecular complexity index is 1480. The van der Waals surface area contributed by atoms with Crippen molar-refractivity contribution in [3.8, 4) is 11.5 Å². The molecule has 0 bridgehead atoms. The van der Waals surface area contributed by atoms with Crippen LogP contribution in [-0.2, 0) is 9.59 Å². The van der Waals surface area contributed by atoms with Gasteiger partial charge in [-0.2, -0.15) is 0 Å². The summed E-state index contributed by atoms with van der Waals surface area (Å²) in [5.74, 6) is -2.25. The first kappa shape index (κ1) is 20.9. The van der Waals surface area contributed by atoms with E-state index in [1.54, 1.807) is 18.2 Å². The average molecular weight is 482 g/mol. The number of amides is 2. The first-order valence-corrected chi connectivity index (χ1v) is 11.6. The van der Waals surface area contributed by atoms with Gasteiger partial charge in [-0.05, 0) is 59.7 Å². The fourth-order valence-corrected chi connectivity index (χ4v) is 5.92. The van der Waals surface area contributed by atoms with Crippen molar-refractivity contribution in [2.24, 2.45) is 11.8 Å². The van der Waals surface area contributed by atoms with Gasteiger partial charge in [0.1, 0.15) is 11.9 Å². The van der Waals surface area contributed by atoms with Crippen LogP contribution in [0.15, 0.2) is 72.9 Å². The van der Waals surface area contributed by atoms with Crippen LogP contribution in [0.1, 0.15) is 27.5 Å². The van der Waals surface area contributed by atoms with Gasteiger partial charge < -0.3 is 14.4 Å². The summed E-state index contributed by atoms with van der Waals surface area (Å²) in [7, 11) is 0. The Morgan fingerprint density at radius 3 is 2.47 bits per heavy atom. The first-order valence-electron chi connectivity index (χ1n) is 11.6. The molecule has 2 saturated heterocycles. The van der Waals surface area contributed by atoms with Crippen LogP contribution in [0.3, 0.4) is 0 Å². The maximum atomic E-state index is 14.0. The molecule has 7 rings (SSSR count). The van der Waals surface area contributed by atoms with E-state index in [0.717, 1.165) is 16.0 Å². The van der Waals surface area contributed by atoms with Crippen LogP contribution >= 0.6 is 0 Å². The molecule has 7 nitrogen and oxygen atoms in total. The van der Waals surface area contributed by atoms with Crippen molar-refractivity contribution >= 4 is 29.4 Å². The zero-order chi connectivity index (χ0) is 24.6. The lowest BCUT2D eigenvalue weighted by atomic mass is 9.83. The van der Waals surface area contributed by atoms with Crippen LogP contribution < -0.4 is 14.4 Å². The van der Waals surface area contributed by atoms with Gasteiger partial charge in [-0.15, -0.1) is 0 Å². The van der Waals surface area contributed by atoms with E-state index in [2.05, 4.69) is 0 Å². The van der Waals surface area contributed by atoms with E-state index in [1.165, 1.54) is 24.3 Å². The number of fused-ring (bicyclic) bond motifs is 6. The molecule has 4 heterocycles. The normalized spacial score (nSPS) is 25.1. The number of carbonyl (C=O) groups is 3. The third-order valence-electron chi connectivity index (χ3n) is 7.47. The Kier molecular flexibility index (Phi) is 4.36. The molecule has 0 N–H and O–H groups in total. The van der Waals surface area contributed by atoms with Crippen molar-refractivity contribution in [2.45, 2.75) is 12.1 Å². The summed E-state index contributed by atoms with van der Waals surface area (Å²) in [6, 6.07) is 16.5. The molecule has 3 aromatic rings. The quantitative estimate of drug-likeness (QED) is 0.416. The van der Waals surface area contributed by atoms with E-state index in [0.29, 0.717) is 22.7 Å². The van der Waals surface area contributed by atoms with E-state index in [9.17, 15) is 18.8 Å². The Hall–Kier alpha value is -4.46. The van der Waals surface area contributed by atoms with Crippen LogP contribution in [0.5, 0.6) is 11.5 Å². The summed E-state index contributed by atoms with van der Waals surface area (Å²) in [5, 5.41) is 0. The topological polar surface area (TPSA) is 76.1 Å². The molecular weight excluding hydrogens is 463 g/mol. The summed E-state index contributed by atoms with van der Waals surface area (Å²) in [5.41, 5.74) is 2.49. The number of ketones is 1. The largest absolute Gasteiger partial charge is 0.454 e. The lowest BCUT2D eigenvalue weighted by molar-refractivity contribution is -0.123. The van der Waals surface area contributed by atoms with Crippen molar-refractivity contribution in [3.05, 3.63) is 95.4 Å². The number of benzene rings is 3. The van der Waals surface area contributed by atoms with Crippen molar-refractivity contribution in [1.82, 2.24) is 4.90 Å². The summed E-state index contributed by atoms with van der Waals surface area (Å²) >= 11 is 0. The van der Waals surface area contributed by atoms with Gasteiger partial charge in [-0.25, -0.2) is 9.29 Å². The molecule has 8 heteroatoms. The Labute approximate surface area is 205 Å². The summed E-state index contributed by atoms with van der Waals surface area (Å²) in [6.07, 6.45) is 3.71. The van der Waals surface area contributed by atoms with E-state index >= 15 is 0 Å². The van der Waals surface area contributed by atoms with Gasteiger partial charge >= 0.3 is 0 Å². The molecule has 3 aromatic carbocycles. The second kappa shape index (κ2) is 7.52. The van der Waals surface area contributed by atoms with Crippen LogP contribution in [0, 0.1) is 17.7 Å². The van der Waals surface area contributed by atoms with Crippen LogP contribution in [0.2, 0.25) is 0 Å². The average Bonchev–Trinajstić information content (AvgIpc) is 3.57. The number of anilines is 1. The SMILES string of the molecule is O=C(c1ccc2c(c1)OCO2)C1C2C(=O)N(c3ccc(F)cc3)C(=O)C2C2c3ccccc3C=CN12. The number of imide groups is 1. The minimum atomic E-state index is -0.902. The summed E-state index contributed by atoms with van der Waals surface area (Å²) < 4.78 is 24.4. The molecule has 0 aliphatic carbocycles. The fourth-order valence-electron chi connectivity index (χ4n) is 5.92. The van der Waals surface area contributed by atoms with Gasteiger partial charge in [0.15, 0.2) is 17.3 Å². The Balaban J connectivity index is 1.36. The summed E-state index contributed by atoms with van der Waals surface area (Å²) in [6.45, 7) is 0.0778. The lowest BCUT2D eigenvalue weighted by Crippen LogP contribution is -2.44. The maximum Gasteiger partial charge on any atom is 0.240 e. The molecule has 0 radical (unpaired) electrons. The van der Waals surface area contributed by atoms with Crippen LogP contribution in [-0.4, -0.2) is 35.3 Å². The van der Waals surface area contributed by atoms with Crippen molar-refractivity contribution in [3.63, 3.8) is 0 Å². The third-order valence-corrected chi connectivity index (χ3v) is 7.47. The lowest BCUT2D eigenvalue weighted by Gasteiger charge is -2.35. The number of nitrogens with zero attached hydrogens (tertiary/aromatic N) is 2. The predicted molar refractivity (Wildman–Crippen MR) is 127 cm³/mol. The fraction of sp³-hybridized carbons (Fsp3) is 0.179. The van der Waals surface area contributed by atoms with Crippen LogP contribution in [0.25, 0.3) is 6.08 Å². The molecule has 2 fully saturated rings. The molecule has 178 valence electrons. The minimum absolute atomic E-state index is 0.0778. The molecule has 0 aromatic heterocycles. The van der Waals surface area contributed by atoms with Gasteiger partial charge in [0.05, 0.1) is 23.6 Å². The summed E-state index contributed by atoms with van der Waals surface area (Å²) in [4.78, 5) is 44.6. The second-order valence-electron chi connectivity index (χ2n) is 9.25. The van der Waals surface area contributed by atoms with Gasteiger partial charge in [-0.3, -0.25) is 14.4 Å². The molecule has 4 atom stereocenters. The van der Waals surface area contributed by atoms with Crippen LogP contribution in [0.4, 0.5) is 10.1 Å². The highest BCUT2D eigenvalue weighted by atomic mass is 19.1. The molecule has 36 heavy (non-hydrogen) atoms. The van der Waals surface area contributed by atoms with Gasteiger partial charge in [0.25, 0.3) is 0 Å². The van der Waals surface area contributed by atoms with Gasteiger partial charge in [-0.1, -0.05) is 24.3 Å². The van der Waals surface area contributed by atoms with Crippen molar-refractivity contribution < 1.29 is 28.2 Å². The van der Waals surface area contributed by atoms with Crippen molar-refractivity contribution in [1.29, 1.82) is 0 Å². The standard InChI is InChI=1S/C28H19FN2O5/c29-17-6-8-18(9-7-17)31-27(33)22-23(28(31)34)25(26(32)16-5-10-20-21(13-16)36-14-35-20)30-12-11-15-3-1-2-4-19(15)24(22)30/h1-13,22-25H,14H2. The highest BCUT2D eigenvalue weighted by molar-refractivity contribution is 6.24. The minimum Gasteiger partial charge on any atom is -0.454 e. The molecule has 2 amide bonds. The van der Waals surface area contributed by atoms with E-state index in [-0.39, 0.29) is 12.6 Å². The first-order chi connectivity index (χ1) is 17.5. The number of hydrogen-bond acceptors (Lipinski definition) is 6. The predicted octanol–water partition coefficient (Wildman–Crippen LogP) is 3.95. The molecular formula is C28H19FN2O5. The molecule has 4 aliphatic heterocycles.